The lowest BCUT2D eigenvalue weighted by Crippen LogP contribution is -2.17. The van der Waals surface area contributed by atoms with Gasteiger partial charge >= 0.3 is 0 Å². The van der Waals surface area contributed by atoms with Crippen LogP contribution in [0.2, 0.25) is 0 Å². The zero-order valence-electron chi connectivity index (χ0n) is 11.9. The second-order valence-electron chi connectivity index (χ2n) is 4.78. The number of aromatic hydroxyl groups is 1. The number of fused-ring (bicyclic) bond motifs is 1. The molecule has 0 aliphatic carbocycles. The summed E-state index contributed by atoms with van der Waals surface area (Å²) in [6, 6.07) is 9.72. The molecule has 0 fully saturated rings. The van der Waals surface area contributed by atoms with Crippen LogP contribution in [0, 0.1) is 10.1 Å². The Kier molecular flexibility index (Phi) is 3.73. The van der Waals surface area contributed by atoms with Crippen LogP contribution in [0.25, 0.3) is 0 Å². The molecule has 2 aromatic carbocycles. The lowest BCUT2D eigenvalue weighted by Gasteiger charge is -2.01. The van der Waals surface area contributed by atoms with E-state index in [-0.39, 0.29) is 27.7 Å². The number of nitrogens with zero attached hydrogens (tertiary/aromatic N) is 3. The summed E-state index contributed by atoms with van der Waals surface area (Å²) in [4.78, 5) is 10.2. The Morgan fingerprint density at radius 3 is 2.75 bits per heavy atom. The first kappa shape index (κ1) is 15.6. The van der Waals surface area contributed by atoms with Gasteiger partial charge in [0.2, 0.25) is 0 Å². The molecule has 0 unspecified atom stereocenters. The minimum Gasteiger partial charge on any atom is -0.507 e. The lowest BCUT2D eigenvalue weighted by molar-refractivity contribution is -0.384. The lowest BCUT2D eigenvalue weighted by atomic mass is 10.2. The largest absolute Gasteiger partial charge is 0.507 e. The van der Waals surface area contributed by atoms with Gasteiger partial charge in [0.05, 0.1) is 11.1 Å². The van der Waals surface area contributed by atoms with Crippen LogP contribution >= 0.6 is 0 Å². The van der Waals surface area contributed by atoms with Gasteiger partial charge in [0.25, 0.3) is 15.7 Å². The van der Waals surface area contributed by atoms with Crippen molar-refractivity contribution in [3.05, 3.63) is 63.7 Å². The summed E-state index contributed by atoms with van der Waals surface area (Å²) < 4.78 is 27.3. The van der Waals surface area contributed by atoms with Crippen molar-refractivity contribution in [3.63, 3.8) is 0 Å². The third kappa shape index (κ3) is 2.82. The SMILES string of the molecule is O=[N+]([O-])c1ccc(O)c(C=NNC2=NS(=O)(=O)c3ccccc32)c1. The first-order chi connectivity index (χ1) is 11.4. The van der Waals surface area contributed by atoms with Gasteiger partial charge < -0.3 is 5.11 Å². The summed E-state index contributed by atoms with van der Waals surface area (Å²) in [5.41, 5.74) is 2.75. The molecule has 2 N–H and O–H groups in total. The fourth-order valence-electron chi connectivity index (χ4n) is 2.11. The number of sulfonamides is 1. The Bertz CT molecular complexity index is 998. The normalized spacial score (nSPS) is 15.1. The van der Waals surface area contributed by atoms with Crippen LogP contribution in [-0.4, -0.2) is 30.5 Å². The third-order valence-corrected chi connectivity index (χ3v) is 4.56. The Morgan fingerprint density at radius 1 is 1.25 bits per heavy atom. The second-order valence-corrected chi connectivity index (χ2v) is 6.35. The first-order valence-corrected chi connectivity index (χ1v) is 8.03. The van der Waals surface area contributed by atoms with E-state index in [1.807, 2.05) is 0 Å². The fourth-order valence-corrected chi connectivity index (χ4v) is 3.28. The minimum absolute atomic E-state index is 0.0340. The van der Waals surface area contributed by atoms with E-state index < -0.39 is 14.9 Å². The molecule has 0 aromatic heterocycles. The van der Waals surface area contributed by atoms with Crippen LogP contribution in [0.15, 0.2) is 56.9 Å². The molecule has 0 spiro atoms. The quantitative estimate of drug-likeness (QED) is 0.490. The molecule has 3 rings (SSSR count). The van der Waals surface area contributed by atoms with Crippen LogP contribution in [0.1, 0.15) is 11.1 Å². The highest BCUT2D eigenvalue weighted by atomic mass is 32.2. The Balaban J connectivity index is 1.86. The number of rotatable bonds is 3. The maximum atomic E-state index is 11.9. The van der Waals surface area contributed by atoms with E-state index in [4.69, 9.17) is 0 Å². The number of nitro benzene ring substituents is 1. The maximum absolute atomic E-state index is 11.9. The second kappa shape index (κ2) is 5.74. The van der Waals surface area contributed by atoms with Crippen molar-refractivity contribution in [1.82, 2.24) is 5.43 Å². The molecule has 0 bridgehead atoms. The molecule has 10 heteroatoms. The highest BCUT2D eigenvalue weighted by Gasteiger charge is 2.28. The van der Waals surface area contributed by atoms with E-state index in [2.05, 4.69) is 14.9 Å². The molecule has 0 radical (unpaired) electrons. The van der Waals surface area contributed by atoms with Gasteiger partial charge in [-0.1, -0.05) is 12.1 Å². The fraction of sp³-hybridized carbons (Fsp3) is 0. The van der Waals surface area contributed by atoms with E-state index in [1.54, 1.807) is 18.2 Å². The average molecular weight is 346 g/mol. The van der Waals surface area contributed by atoms with Gasteiger partial charge in [0, 0.05) is 23.3 Å². The van der Waals surface area contributed by atoms with Gasteiger partial charge in [-0.2, -0.15) is 13.5 Å². The van der Waals surface area contributed by atoms with E-state index in [1.165, 1.54) is 12.1 Å². The smallest absolute Gasteiger partial charge is 0.285 e. The topological polar surface area (TPSA) is 134 Å². The van der Waals surface area contributed by atoms with Crippen molar-refractivity contribution in [2.75, 3.05) is 0 Å². The van der Waals surface area contributed by atoms with Gasteiger partial charge in [-0.05, 0) is 18.2 Å². The molecule has 24 heavy (non-hydrogen) atoms. The zero-order chi connectivity index (χ0) is 17.3. The average Bonchev–Trinajstić information content (AvgIpc) is 2.80. The summed E-state index contributed by atoms with van der Waals surface area (Å²) in [5, 5.41) is 24.2. The molecule has 1 aliphatic rings. The Hall–Kier alpha value is -3.27. The zero-order valence-corrected chi connectivity index (χ0v) is 12.8. The summed E-state index contributed by atoms with van der Waals surface area (Å²) in [5.74, 6) is -0.167. The van der Waals surface area contributed by atoms with Gasteiger partial charge in [-0.15, -0.1) is 4.40 Å². The Labute approximate surface area is 136 Å². The van der Waals surface area contributed by atoms with Crippen molar-refractivity contribution in [2.24, 2.45) is 9.50 Å². The Morgan fingerprint density at radius 2 is 2.00 bits per heavy atom. The summed E-state index contributed by atoms with van der Waals surface area (Å²) in [6.07, 6.45) is 1.14. The highest BCUT2D eigenvalue weighted by Crippen LogP contribution is 2.25. The number of hydrogen-bond donors (Lipinski definition) is 2. The van der Waals surface area contributed by atoms with E-state index >= 15 is 0 Å². The van der Waals surface area contributed by atoms with Crippen LogP contribution < -0.4 is 5.43 Å². The summed E-state index contributed by atoms with van der Waals surface area (Å²) in [7, 11) is -3.76. The van der Waals surface area contributed by atoms with Gasteiger partial charge in [-0.25, -0.2) is 0 Å². The number of non-ortho nitro benzene ring substituents is 1. The number of benzene rings is 2. The minimum atomic E-state index is -3.76. The van der Waals surface area contributed by atoms with E-state index in [0.29, 0.717) is 5.56 Å². The summed E-state index contributed by atoms with van der Waals surface area (Å²) in [6.45, 7) is 0. The molecule has 0 atom stereocenters. The summed E-state index contributed by atoms with van der Waals surface area (Å²) >= 11 is 0. The van der Waals surface area contributed by atoms with Crippen molar-refractivity contribution >= 4 is 27.8 Å². The number of nitrogens with one attached hydrogen (secondary N) is 1. The molecule has 0 amide bonds. The van der Waals surface area contributed by atoms with E-state index in [9.17, 15) is 23.6 Å². The van der Waals surface area contributed by atoms with Gasteiger partial charge in [0.15, 0.2) is 5.84 Å². The number of phenols is 1. The first-order valence-electron chi connectivity index (χ1n) is 6.59. The monoisotopic (exact) mass is 346 g/mol. The number of nitro groups is 1. The third-order valence-electron chi connectivity index (χ3n) is 3.23. The van der Waals surface area contributed by atoms with Gasteiger partial charge in [0.1, 0.15) is 10.6 Å². The van der Waals surface area contributed by atoms with Crippen molar-refractivity contribution < 1.29 is 18.4 Å². The highest BCUT2D eigenvalue weighted by molar-refractivity contribution is 7.90. The van der Waals surface area contributed by atoms with Crippen molar-refractivity contribution in [2.45, 2.75) is 4.90 Å². The molecule has 0 saturated heterocycles. The predicted octanol–water partition coefficient (Wildman–Crippen LogP) is 1.37. The molecule has 2 aromatic rings. The molecule has 9 nitrogen and oxygen atoms in total. The van der Waals surface area contributed by atoms with E-state index in [0.717, 1.165) is 18.3 Å². The number of amidine groups is 1. The number of hydrogen-bond acceptors (Lipinski definition) is 7. The molecule has 122 valence electrons. The van der Waals surface area contributed by atoms with Crippen LogP contribution in [-0.2, 0) is 10.0 Å². The molecule has 1 aliphatic heterocycles. The molecular formula is C14H10N4O5S. The van der Waals surface area contributed by atoms with Crippen molar-refractivity contribution in [3.8, 4) is 5.75 Å². The standard InChI is InChI=1S/C14H10N4O5S/c19-12-6-5-10(18(20)21)7-9(12)8-15-16-14-11-3-1-2-4-13(11)24(22,23)17-14/h1-8,19H,(H,16,17). The molecule has 0 saturated carbocycles. The maximum Gasteiger partial charge on any atom is 0.285 e. The molecule has 1 heterocycles. The number of phenolic OH excluding ortho intramolecular Hbond substituents is 1. The van der Waals surface area contributed by atoms with Gasteiger partial charge in [-0.3, -0.25) is 15.5 Å². The van der Waals surface area contributed by atoms with Crippen LogP contribution in [0.3, 0.4) is 0 Å². The van der Waals surface area contributed by atoms with Crippen molar-refractivity contribution in [1.29, 1.82) is 0 Å². The van der Waals surface area contributed by atoms with Crippen LogP contribution in [0.5, 0.6) is 5.75 Å². The molecular weight excluding hydrogens is 336 g/mol. The van der Waals surface area contributed by atoms with Crippen LogP contribution in [0.4, 0.5) is 5.69 Å². The number of hydrazone groups is 1. The predicted molar refractivity (Wildman–Crippen MR) is 85.7 cm³/mol.